The van der Waals surface area contributed by atoms with Gasteiger partial charge in [0.15, 0.2) is 16.6 Å². The lowest BCUT2D eigenvalue weighted by molar-refractivity contribution is 0.308. The maximum absolute atomic E-state index is 8.88. The van der Waals surface area contributed by atoms with Gasteiger partial charge in [-0.05, 0) is 80.6 Å². The van der Waals surface area contributed by atoms with E-state index in [9.17, 15) is 0 Å². The Morgan fingerprint density at radius 1 is 0.815 bits per heavy atom. The third-order valence-corrected chi connectivity index (χ3v) is 10.4. The number of unbranched alkanes of at least 4 members (excludes halogenated alkanes) is 1. The highest BCUT2D eigenvalue weighted by Crippen LogP contribution is 2.24. The predicted octanol–water partition coefficient (Wildman–Crippen LogP) is 6.44. The van der Waals surface area contributed by atoms with E-state index in [4.69, 9.17) is 14.1 Å². The molecule has 0 saturated heterocycles. The molecule has 0 atom stereocenters. The summed E-state index contributed by atoms with van der Waals surface area (Å²) in [6.07, 6.45) is 2.22. The van der Waals surface area contributed by atoms with Gasteiger partial charge in [-0.15, -0.1) is 0 Å². The molecule has 2 aromatic carbocycles. The van der Waals surface area contributed by atoms with E-state index in [1.807, 2.05) is 36.4 Å². The van der Waals surface area contributed by atoms with Gasteiger partial charge < -0.3 is 8.85 Å². The zero-order valence-electron chi connectivity index (χ0n) is 17.2. The van der Waals surface area contributed by atoms with Gasteiger partial charge in [-0.3, -0.25) is 0 Å². The topological polar surface area (TPSA) is 42.2 Å². The van der Waals surface area contributed by atoms with Crippen LogP contribution in [0.4, 0.5) is 0 Å². The molecule has 3 nitrogen and oxygen atoms in total. The molecule has 0 bridgehead atoms. The van der Waals surface area contributed by atoms with Crippen molar-refractivity contribution in [1.82, 2.24) is 0 Å². The van der Waals surface area contributed by atoms with Crippen molar-refractivity contribution in [1.29, 1.82) is 5.26 Å². The Kier molecular flexibility index (Phi) is 7.43. The second-order valence-electron chi connectivity index (χ2n) is 8.49. The highest BCUT2D eigenvalue weighted by atomic mass is 28.4. The Bertz CT molecular complexity index is 757. The summed E-state index contributed by atoms with van der Waals surface area (Å²) in [4.78, 5) is 0. The molecule has 0 aliphatic rings. The first-order valence-corrected chi connectivity index (χ1v) is 16.1. The lowest BCUT2D eigenvalue weighted by Gasteiger charge is -2.31. The summed E-state index contributed by atoms with van der Waals surface area (Å²) >= 11 is 0. The van der Waals surface area contributed by atoms with Gasteiger partial charge in [0.1, 0.15) is 5.75 Å². The van der Waals surface area contributed by atoms with Gasteiger partial charge in [-0.1, -0.05) is 30.7 Å². The Morgan fingerprint density at radius 2 is 1.37 bits per heavy atom. The summed E-state index contributed by atoms with van der Waals surface area (Å²) in [6.45, 7) is 12.2. The third-order valence-electron chi connectivity index (χ3n) is 4.23. The number of rotatable bonds is 9. The molecule has 0 radical (unpaired) electrons. The smallest absolute Gasteiger partial charge is 0.173 e. The highest BCUT2D eigenvalue weighted by Gasteiger charge is 2.28. The van der Waals surface area contributed by atoms with Crippen LogP contribution in [0.15, 0.2) is 48.5 Å². The van der Waals surface area contributed by atoms with Gasteiger partial charge in [0.25, 0.3) is 0 Å². The summed E-state index contributed by atoms with van der Waals surface area (Å²) < 4.78 is 12.3. The van der Waals surface area contributed by atoms with Crippen molar-refractivity contribution in [3.05, 3.63) is 54.1 Å². The van der Waals surface area contributed by atoms with Crippen LogP contribution in [-0.4, -0.2) is 23.2 Å². The highest BCUT2D eigenvalue weighted by molar-refractivity contribution is 6.84. The van der Waals surface area contributed by atoms with Crippen LogP contribution in [-0.2, 0) is 4.12 Å². The van der Waals surface area contributed by atoms with Crippen LogP contribution in [0.2, 0.25) is 38.8 Å². The zero-order valence-corrected chi connectivity index (χ0v) is 19.2. The number of nitrogens with zero attached hydrogens (tertiary/aromatic N) is 1. The van der Waals surface area contributed by atoms with E-state index in [-0.39, 0.29) is 0 Å². The van der Waals surface area contributed by atoms with Gasteiger partial charge in [-0.2, -0.15) is 5.26 Å². The Labute approximate surface area is 166 Å². The van der Waals surface area contributed by atoms with Gasteiger partial charge >= 0.3 is 0 Å². The van der Waals surface area contributed by atoms with E-state index in [1.54, 1.807) is 0 Å². The normalized spacial score (nSPS) is 11.9. The first-order chi connectivity index (χ1) is 12.7. The summed E-state index contributed by atoms with van der Waals surface area (Å²) in [5.74, 6) is 0.905. The number of ether oxygens (including phenoxy) is 1. The van der Waals surface area contributed by atoms with Crippen molar-refractivity contribution in [3.8, 4) is 22.9 Å². The molecule has 0 aliphatic carbocycles. The Hall–Kier alpha value is -1.88. The van der Waals surface area contributed by atoms with E-state index >= 15 is 0 Å². The van der Waals surface area contributed by atoms with Crippen LogP contribution < -0.4 is 4.74 Å². The lowest BCUT2D eigenvalue weighted by Crippen LogP contribution is -2.42. The van der Waals surface area contributed by atoms with Crippen molar-refractivity contribution in [2.24, 2.45) is 0 Å². The van der Waals surface area contributed by atoms with Crippen LogP contribution >= 0.6 is 0 Å². The van der Waals surface area contributed by atoms with Crippen LogP contribution in [0, 0.1) is 11.3 Å². The molecular weight excluding hydrogens is 366 g/mol. The molecule has 2 rings (SSSR count). The van der Waals surface area contributed by atoms with Gasteiger partial charge in [0.2, 0.25) is 0 Å². The molecule has 0 aliphatic heterocycles. The molecule has 27 heavy (non-hydrogen) atoms. The molecule has 2 aromatic rings. The quantitative estimate of drug-likeness (QED) is 0.361. The second kappa shape index (κ2) is 9.36. The van der Waals surface area contributed by atoms with Crippen molar-refractivity contribution >= 4 is 16.6 Å². The Morgan fingerprint density at radius 3 is 1.89 bits per heavy atom. The number of hydrogen-bond donors (Lipinski definition) is 0. The third kappa shape index (κ3) is 7.71. The number of nitriles is 1. The lowest BCUT2D eigenvalue weighted by atomic mass is 10.0. The van der Waals surface area contributed by atoms with Gasteiger partial charge in [-0.25, -0.2) is 0 Å². The van der Waals surface area contributed by atoms with E-state index in [2.05, 4.69) is 50.9 Å². The van der Waals surface area contributed by atoms with Crippen molar-refractivity contribution < 1.29 is 8.85 Å². The zero-order chi connectivity index (χ0) is 19.9. The number of hydrogen-bond acceptors (Lipinski definition) is 3. The first kappa shape index (κ1) is 21.4. The standard InChI is InChI=1S/C22H31NO2Si2/c1-26(2,3)25-27(4,5)17-7-6-16-24-22-14-12-21(13-15-22)20-10-8-19(18-23)9-11-20/h8-15H,6-7,16-17H2,1-5H3. The molecule has 5 heteroatoms. The average molecular weight is 398 g/mol. The maximum Gasteiger partial charge on any atom is 0.173 e. The van der Waals surface area contributed by atoms with Gasteiger partial charge in [0.05, 0.1) is 18.2 Å². The molecular formula is C22H31NO2Si2. The molecule has 0 heterocycles. The fourth-order valence-corrected chi connectivity index (χ4v) is 11.3. The summed E-state index contributed by atoms with van der Waals surface area (Å²) in [5, 5.41) is 8.88. The van der Waals surface area contributed by atoms with Crippen LogP contribution in [0.5, 0.6) is 5.75 Å². The fourth-order valence-electron chi connectivity index (χ4n) is 3.20. The minimum atomic E-state index is -1.53. The first-order valence-electron chi connectivity index (χ1n) is 9.62. The van der Waals surface area contributed by atoms with Crippen molar-refractivity contribution in [2.45, 2.75) is 51.6 Å². The molecule has 0 aromatic heterocycles. The molecule has 0 N–H and O–H groups in total. The molecule has 0 amide bonds. The second-order valence-corrected chi connectivity index (χ2v) is 17.6. The van der Waals surface area contributed by atoms with E-state index in [0.717, 1.165) is 36.3 Å². The SMILES string of the molecule is C[Si](C)(C)O[Si](C)(C)CCCCOc1ccc(-c2ccc(C#N)cc2)cc1. The van der Waals surface area contributed by atoms with Crippen LogP contribution in [0.1, 0.15) is 18.4 Å². The van der Waals surface area contributed by atoms with Crippen molar-refractivity contribution in [2.75, 3.05) is 6.61 Å². The molecule has 0 spiro atoms. The average Bonchev–Trinajstić information content (AvgIpc) is 2.60. The Balaban J connectivity index is 1.76. The largest absolute Gasteiger partial charge is 0.494 e. The van der Waals surface area contributed by atoms with Crippen molar-refractivity contribution in [3.63, 3.8) is 0 Å². The fraction of sp³-hybridized carbons (Fsp3) is 0.409. The summed E-state index contributed by atoms with van der Waals surface area (Å²) in [6, 6.07) is 19.1. The number of benzene rings is 2. The summed E-state index contributed by atoms with van der Waals surface area (Å²) in [5.41, 5.74) is 2.92. The van der Waals surface area contributed by atoms with E-state index < -0.39 is 16.6 Å². The maximum atomic E-state index is 8.88. The molecule has 0 saturated carbocycles. The molecule has 0 fully saturated rings. The monoisotopic (exact) mass is 397 g/mol. The van der Waals surface area contributed by atoms with Gasteiger partial charge in [0, 0.05) is 0 Å². The van der Waals surface area contributed by atoms with E-state index in [0.29, 0.717) is 5.56 Å². The minimum absolute atomic E-state index is 0.681. The van der Waals surface area contributed by atoms with Crippen LogP contribution in [0.25, 0.3) is 11.1 Å². The summed E-state index contributed by atoms with van der Waals surface area (Å²) in [7, 11) is -2.97. The minimum Gasteiger partial charge on any atom is -0.494 e. The van der Waals surface area contributed by atoms with Crippen LogP contribution in [0.3, 0.4) is 0 Å². The molecule has 144 valence electrons. The molecule has 0 unspecified atom stereocenters. The van der Waals surface area contributed by atoms with E-state index in [1.165, 1.54) is 6.04 Å². The predicted molar refractivity (Wildman–Crippen MR) is 118 cm³/mol.